The number of benzene rings is 1. The van der Waals surface area contributed by atoms with Gasteiger partial charge in [0.15, 0.2) is 6.10 Å². The molecule has 0 bridgehead atoms. The molecule has 4 rings (SSSR count). The Labute approximate surface area is 142 Å². The number of carbonyl (C=O) groups is 1. The van der Waals surface area contributed by atoms with Crippen LogP contribution >= 0.6 is 0 Å². The van der Waals surface area contributed by atoms with E-state index in [1.54, 1.807) is 11.8 Å². The van der Waals surface area contributed by atoms with Crippen LogP contribution in [-0.2, 0) is 17.8 Å². The van der Waals surface area contributed by atoms with Crippen LogP contribution < -0.4 is 9.64 Å². The number of hydrogen-bond donors (Lipinski definition) is 0. The van der Waals surface area contributed by atoms with Crippen molar-refractivity contribution in [1.29, 1.82) is 0 Å². The van der Waals surface area contributed by atoms with Gasteiger partial charge in [0.05, 0.1) is 11.4 Å². The lowest BCUT2D eigenvalue weighted by atomic mass is 10.0. The number of nitrogens with zero attached hydrogens (tertiary/aromatic N) is 3. The standard InChI is InChI=1S/C19H23N3O2/c1-11-8-9-22-12(2)17(20-16(22)10-11)14-6-5-7-15-18(14)21(4)19(23)13(3)24-15/h5-7,11,13H,8-10H2,1-4H3. The summed E-state index contributed by atoms with van der Waals surface area (Å²) in [5.41, 5.74) is 3.94. The molecule has 0 saturated heterocycles. The van der Waals surface area contributed by atoms with Crippen molar-refractivity contribution in [2.45, 2.75) is 46.3 Å². The molecule has 2 aliphatic rings. The summed E-state index contributed by atoms with van der Waals surface area (Å²) in [6, 6.07) is 5.93. The molecule has 2 unspecified atom stereocenters. The van der Waals surface area contributed by atoms with Crippen LogP contribution in [0, 0.1) is 12.8 Å². The average molecular weight is 325 g/mol. The fourth-order valence-corrected chi connectivity index (χ4v) is 3.84. The molecule has 5 heteroatoms. The highest BCUT2D eigenvalue weighted by Crippen LogP contribution is 2.42. The van der Waals surface area contributed by atoms with Gasteiger partial charge < -0.3 is 14.2 Å². The first-order valence-electron chi connectivity index (χ1n) is 8.61. The van der Waals surface area contributed by atoms with Gasteiger partial charge in [0, 0.05) is 31.3 Å². The monoisotopic (exact) mass is 325 g/mol. The van der Waals surface area contributed by atoms with Gasteiger partial charge in [-0.3, -0.25) is 4.79 Å². The van der Waals surface area contributed by atoms with Gasteiger partial charge >= 0.3 is 0 Å². The number of hydrogen-bond acceptors (Lipinski definition) is 3. The molecule has 0 N–H and O–H groups in total. The summed E-state index contributed by atoms with van der Waals surface area (Å²) in [6.07, 6.45) is 1.75. The summed E-state index contributed by atoms with van der Waals surface area (Å²) in [7, 11) is 1.82. The van der Waals surface area contributed by atoms with E-state index in [1.165, 1.54) is 12.1 Å². The fraction of sp³-hybridized carbons (Fsp3) is 0.474. The average Bonchev–Trinajstić information content (AvgIpc) is 2.88. The maximum Gasteiger partial charge on any atom is 0.267 e. The Morgan fingerprint density at radius 3 is 2.88 bits per heavy atom. The number of likely N-dealkylation sites (N-methyl/N-ethyl adjacent to an activating group) is 1. The van der Waals surface area contributed by atoms with Crippen molar-refractivity contribution in [3.8, 4) is 17.0 Å². The zero-order valence-corrected chi connectivity index (χ0v) is 14.7. The number of fused-ring (bicyclic) bond motifs is 2. The minimum absolute atomic E-state index is 0.0230. The van der Waals surface area contributed by atoms with Gasteiger partial charge in [-0.1, -0.05) is 19.1 Å². The number of imidazole rings is 1. The maximum absolute atomic E-state index is 12.4. The molecule has 0 fully saturated rings. The predicted molar refractivity (Wildman–Crippen MR) is 93.4 cm³/mol. The van der Waals surface area contributed by atoms with Crippen LogP contribution in [0.15, 0.2) is 18.2 Å². The van der Waals surface area contributed by atoms with Crippen LogP contribution in [-0.4, -0.2) is 28.6 Å². The van der Waals surface area contributed by atoms with Crippen molar-refractivity contribution in [1.82, 2.24) is 9.55 Å². The molecule has 0 spiro atoms. The third kappa shape index (κ3) is 2.14. The highest BCUT2D eigenvalue weighted by molar-refractivity contribution is 6.03. The topological polar surface area (TPSA) is 47.4 Å². The summed E-state index contributed by atoms with van der Waals surface area (Å²) in [5.74, 6) is 2.55. The second kappa shape index (κ2) is 5.36. The second-order valence-electron chi connectivity index (χ2n) is 7.02. The lowest BCUT2D eigenvalue weighted by Crippen LogP contribution is -2.42. The highest BCUT2D eigenvalue weighted by Gasteiger charge is 2.32. The molecule has 24 heavy (non-hydrogen) atoms. The minimum Gasteiger partial charge on any atom is -0.479 e. The van der Waals surface area contributed by atoms with E-state index in [4.69, 9.17) is 9.72 Å². The summed E-state index contributed by atoms with van der Waals surface area (Å²) in [6.45, 7) is 7.21. The highest BCUT2D eigenvalue weighted by atomic mass is 16.5. The zero-order chi connectivity index (χ0) is 17.0. The quantitative estimate of drug-likeness (QED) is 0.809. The Morgan fingerprint density at radius 2 is 2.08 bits per heavy atom. The number of para-hydroxylation sites is 1. The number of aromatic nitrogens is 2. The molecule has 2 aromatic rings. The number of rotatable bonds is 1. The Balaban J connectivity index is 1.88. The maximum atomic E-state index is 12.4. The van der Waals surface area contributed by atoms with Crippen molar-refractivity contribution >= 4 is 11.6 Å². The number of amides is 1. The van der Waals surface area contributed by atoms with E-state index in [1.807, 2.05) is 25.2 Å². The second-order valence-corrected chi connectivity index (χ2v) is 7.02. The van der Waals surface area contributed by atoms with E-state index >= 15 is 0 Å². The molecule has 2 atom stereocenters. The minimum atomic E-state index is -0.449. The molecule has 5 nitrogen and oxygen atoms in total. The molecule has 1 aromatic heterocycles. The third-order valence-electron chi connectivity index (χ3n) is 5.25. The smallest absolute Gasteiger partial charge is 0.267 e. The van der Waals surface area contributed by atoms with Crippen molar-refractivity contribution in [3.63, 3.8) is 0 Å². The normalized spacial score (nSPS) is 22.8. The van der Waals surface area contributed by atoms with E-state index < -0.39 is 6.10 Å². The summed E-state index contributed by atoms with van der Waals surface area (Å²) in [5, 5.41) is 0. The van der Waals surface area contributed by atoms with Crippen molar-refractivity contribution < 1.29 is 9.53 Å². The van der Waals surface area contributed by atoms with Crippen molar-refractivity contribution in [2.24, 2.45) is 5.92 Å². The molecule has 126 valence electrons. The molecule has 3 heterocycles. The molecular weight excluding hydrogens is 302 g/mol. The summed E-state index contributed by atoms with van der Waals surface area (Å²) >= 11 is 0. The Bertz CT molecular complexity index is 824. The van der Waals surface area contributed by atoms with Crippen LogP contribution in [0.3, 0.4) is 0 Å². The largest absolute Gasteiger partial charge is 0.479 e. The summed E-state index contributed by atoms with van der Waals surface area (Å²) < 4.78 is 8.13. The van der Waals surface area contributed by atoms with E-state index in [2.05, 4.69) is 18.4 Å². The Hall–Kier alpha value is -2.30. The SMILES string of the molecule is Cc1c(-c2cccc3c2N(C)C(=O)C(C)O3)nc2n1CCC(C)C2. The lowest BCUT2D eigenvalue weighted by molar-refractivity contribution is -0.125. The number of carbonyl (C=O) groups excluding carboxylic acids is 1. The Morgan fingerprint density at radius 1 is 1.29 bits per heavy atom. The molecular formula is C19H23N3O2. The molecule has 2 aliphatic heterocycles. The van der Waals surface area contributed by atoms with Crippen LogP contribution in [0.1, 0.15) is 31.8 Å². The van der Waals surface area contributed by atoms with Gasteiger partial charge in [-0.25, -0.2) is 4.98 Å². The van der Waals surface area contributed by atoms with Crippen LogP contribution in [0.4, 0.5) is 5.69 Å². The molecule has 0 aliphatic carbocycles. The molecule has 0 radical (unpaired) electrons. The van der Waals surface area contributed by atoms with E-state index in [-0.39, 0.29) is 5.91 Å². The van der Waals surface area contributed by atoms with Crippen LogP contribution in [0.5, 0.6) is 5.75 Å². The first kappa shape index (κ1) is 15.2. The Kier molecular flexibility index (Phi) is 3.41. The van der Waals surface area contributed by atoms with Gasteiger partial charge in [-0.05, 0) is 32.3 Å². The predicted octanol–water partition coefficient (Wildman–Crippen LogP) is 3.18. The zero-order valence-electron chi connectivity index (χ0n) is 14.7. The molecule has 1 aromatic carbocycles. The van der Waals surface area contributed by atoms with Gasteiger partial charge in [0.1, 0.15) is 11.6 Å². The molecule has 1 amide bonds. The number of anilines is 1. The van der Waals surface area contributed by atoms with E-state index in [0.29, 0.717) is 5.92 Å². The fourth-order valence-electron chi connectivity index (χ4n) is 3.84. The lowest BCUT2D eigenvalue weighted by Gasteiger charge is -2.31. The van der Waals surface area contributed by atoms with Gasteiger partial charge in [-0.2, -0.15) is 0 Å². The van der Waals surface area contributed by atoms with Gasteiger partial charge in [0.2, 0.25) is 0 Å². The first-order chi connectivity index (χ1) is 11.5. The van der Waals surface area contributed by atoms with Crippen molar-refractivity contribution in [2.75, 3.05) is 11.9 Å². The van der Waals surface area contributed by atoms with Crippen molar-refractivity contribution in [3.05, 3.63) is 29.7 Å². The van der Waals surface area contributed by atoms with E-state index in [9.17, 15) is 4.79 Å². The van der Waals surface area contributed by atoms with Gasteiger partial charge in [-0.15, -0.1) is 0 Å². The van der Waals surface area contributed by atoms with Crippen LogP contribution in [0.25, 0.3) is 11.3 Å². The summed E-state index contributed by atoms with van der Waals surface area (Å²) in [4.78, 5) is 19.0. The van der Waals surface area contributed by atoms with E-state index in [0.717, 1.165) is 41.5 Å². The first-order valence-corrected chi connectivity index (χ1v) is 8.61. The van der Waals surface area contributed by atoms with Gasteiger partial charge in [0.25, 0.3) is 5.91 Å². The number of ether oxygens (including phenoxy) is 1. The molecule has 0 saturated carbocycles. The van der Waals surface area contributed by atoms with Crippen LogP contribution in [0.2, 0.25) is 0 Å². The third-order valence-corrected chi connectivity index (χ3v) is 5.25.